The third kappa shape index (κ3) is 3.48. The number of carbonyl (C=O) groups is 2. The van der Waals surface area contributed by atoms with E-state index in [0.717, 1.165) is 11.1 Å². The Hall–Kier alpha value is -3.87. The number of aryl methyl sites for hydroxylation is 1. The number of anilines is 1. The first kappa shape index (κ1) is 21.9. The molecule has 6 nitrogen and oxygen atoms in total. The zero-order chi connectivity index (χ0) is 24.0. The molecule has 0 unspecified atom stereocenters. The Bertz CT molecular complexity index is 1310. The van der Waals surface area contributed by atoms with Crippen LogP contribution in [0.25, 0.3) is 0 Å². The van der Waals surface area contributed by atoms with Crippen LogP contribution >= 0.6 is 0 Å². The Morgan fingerprint density at radius 3 is 2.50 bits per heavy atom. The van der Waals surface area contributed by atoms with Crippen LogP contribution in [0.1, 0.15) is 44.6 Å². The molecule has 2 heterocycles. The summed E-state index contributed by atoms with van der Waals surface area (Å²) in [6, 6.07) is 15.1. The standard InChI is InChI=1S/C27H25FN2O4/c1-15-8-9-17(13-21(15)28)29-26(31)24-18-6-4-5-7-19(18)27(32)30-11-10-16-12-22(33-2)23(34-3)14-20(16)25(24)30/h4-9,12-14,24-25H,10-11H2,1-3H3,(H,29,31)/t24-,25-/m0/s1. The highest BCUT2D eigenvalue weighted by atomic mass is 19.1. The van der Waals surface area contributed by atoms with Gasteiger partial charge in [-0.05, 0) is 65.9 Å². The lowest BCUT2D eigenvalue weighted by Crippen LogP contribution is -2.49. The molecule has 0 fully saturated rings. The summed E-state index contributed by atoms with van der Waals surface area (Å²) in [5, 5.41) is 2.88. The number of amides is 2. The molecule has 174 valence electrons. The maximum Gasteiger partial charge on any atom is 0.254 e. The molecule has 3 aromatic carbocycles. The number of nitrogens with zero attached hydrogens (tertiary/aromatic N) is 1. The minimum absolute atomic E-state index is 0.105. The van der Waals surface area contributed by atoms with Gasteiger partial charge in [0, 0.05) is 17.8 Å². The summed E-state index contributed by atoms with van der Waals surface area (Å²) < 4.78 is 25.1. The van der Waals surface area contributed by atoms with Gasteiger partial charge < -0.3 is 19.7 Å². The van der Waals surface area contributed by atoms with Gasteiger partial charge in [0.2, 0.25) is 5.91 Å². The Kier molecular flexibility index (Phi) is 5.48. The van der Waals surface area contributed by atoms with Crippen LogP contribution < -0.4 is 14.8 Å². The number of nitrogens with one attached hydrogen (secondary N) is 1. The topological polar surface area (TPSA) is 67.9 Å². The van der Waals surface area contributed by atoms with Gasteiger partial charge in [-0.25, -0.2) is 4.39 Å². The first-order valence-electron chi connectivity index (χ1n) is 11.1. The van der Waals surface area contributed by atoms with E-state index in [4.69, 9.17) is 9.47 Å². The van der Waals surface area contributed by atoms with Gasteiger partial charge >= 0.3 is 0 Å². The van der Waals surface area contributed by atoms with E-state index in [1.165, 1.54) is 6.07 Å². The van der Waals surface area contributed by atoms with E-state index in [1.54, 1.807) is 50.3 Å². The average Bonchev–Trinajstić information content (AvgIpc) is 2.85. The fourth-order valence-corrected chi connectivity index (χ4v) is 5.03. The van der Waals surface area contributed by atoms with E-state index >= 15 is 0 Å². The number of benzene rings is 3. The monoisotopic (exact) mass is 460 g/mol. The zero-order valence-electron chi connectivity index (χ0n) is 19.2. The number of methoxy groups -OCH3 is 2. The number of fused-ring (bicyclic) bond motifs is 4. The van der Waals surface area contributed by atoms with Crippen molar-refractivity contribution in [3.05, 3.63) is 88.2 Å². The van der Waals surface area contributed by atoms with Crippen molar-refractivity contribution in [1.29, 1.82) is 0 Å². The molecule has 0 aliphatic carbocycles. The Morgan fingerprint density at radius 1 is 1.03 bits per heavy atom. The molecular formula is C27H25FN2O4. The number of hydrogen-bond acceptors (Lipinski definition) is 4. The molecule has 3 aromatic rings. The molecule has 0 aromatic heterocycles. The second-order valence-electron chi connectivity index (χ2n) is 8.62. The SMILES string of the molecule is COc1cc2c(cc1OC)[C@H]1[C@@H](C(=O)Nc3ccc(C)c(F)c3)c3ccccc3C(=O)N1CC2. The summed E-state index contributed by atoms with van der Waals surface area (Å²) >= 11 is 0. The normalized spacial score (nSPS) is 18.5. The van der Waals surface area contributed by atoms with Crippen molar-refractivity contribution in [2.45, 2.75) is 25.3 Å². The summed E-state index contributed by atoms with van der Waals surface area (Å²) in [7, 11) is 3.14. The maximum absolute atomic E-state index is 14.2. The van der Waals surface area contributed by atoms with Crippen molar-refractivity contribution < 1.29 is 23.5 Å². The van der Waals surface area contributed by atoms with Crippen molar-refractivity contribution in [3.63, 3.8) is 0 Å². The van der Waals surface area contributed by atoms with Crippen molar-refractivity contribution in [3.8, 4) is 11.5 Å². The van der Waals surface area contributed by atoms with Crippen LogP contribution in [0.5, 0.6) is 11.5 Å². The number of halogens is 1. The zero-order valence-corrected chi connectivity index (χ0v) is 19.2. The maximum atomic E-state index is 14.2. The van der Waals surface area contributed by atoms with Crippen LogP contribution in [0.15, 0.2) is 54.6 Å². The second kappa shape index (κ2) is 8.48. The Morgan fingerprint density at radius 2 is 1.76 bits per heavy atom. The van der Waals surface area contributed by atoms with Gasteiger partial charge in [0.15, 0.2) is 11.5 Å². The fraction of sp³-hybridized carbons (Fsp3) is 0.259. The highest BCUT2D eigenvalue weighted by Gasteiger charge is 2.46. The van der Waals surface area contributed by atoms with Crippen LogP contribution in [0.2, 0.25) is 0 Å². The van der Waals surface area contributed by atoms with Gasteiger partial charge in [0.05, 0.1) is 26.2 Å². The minimum atomic E-state index is -0.685. The molecule has 0 saturated carbocycles. The van der Waals surface area contributed by atoms with Crippen LogP contribution in [-0.2, 0) is 11.2 Å². The molecule has 2 aliphatic rings. The molecule has 2 aliphatic heterocycles. The van der Waals surface area contributed by atoms with Crippen LogP contribution in [-0.4, -0.2) is 37.5 Å². The molecular weight excluding hydrogens is 435 g/mol. The van der Waals surface area contributed by atoms with E-state index in [9.17, 15) is 14.0 Å². The molecule has 0 spiro atoms. The highest BCUT2D eigenvalue weighted by Crippen LogP contribution is 2.48. The van der Waals surface area contributed by atoms with Crippen molar-refractivity contribution in [2.24, 2.45) is 0 Å². The van der Waals surface area contributed by atoms with Crippen LogP contribution in [0, 0.1) is 12.7 Å². The highest BCUT2D eigenvalue weighted by molar-refractivity contribution is 6.04. The number of hydrogen-bond donors (Lipinski definition) is 1. The third-order valence-corrected chi connectivity index (χ3v) is 6.75. The van der Waals surface area contributed by atoms with Crippen molar-refractivity contribution >= 4 is 17.5 Å². The fourth-order valence-electron chi connectivity index (χ4n) is 5.03. The lowest BCUT2D eigenvalue weighted by atomic mass is 9.75. The van der Waals surface area contributed by atoms with E-state index < -0.39 is 17.8 Å². The number of ether oxygens (including phenoxy) is 2. The quantitative estimate of drug-likeness (QED) is 0.617. The second-order valence-corrected chi connectivity index (χ2v) is 8.62. The Labute approximate surface area is 197 Å². The lowest BCUT2D eigenvalue weighted by Gasteiger charge is -2.45. The summed E-state index contributed by atoms with van der Waals surface area (Å²) in [6.45, 7) is 2.14. The molecule has 1 N–H and O–H groups in total. The lowest BCUT2D eigenvalue weighted by molar-refractivity contribution is -0.119. The summed E-state index contributed by atoms with van der Waals surface area (Å²) in [5.74, 6) is -0.344. The van der Waals surface area contributed by atoms with Crippen molar-refractivity contribution in [2.75, 3.05) is 26.1 Å². The predicted octanol–water partition coefficient (Wildman–Crippen LogP) is 4.63. The minimum Gasteiger partial charge on any atom is -0.493 e. The average molecular weight is 461 g/mol. The molecule has 2 atom stereocenters. The molecule has 5 rings (SSSR count). The van der Waals surface area contributed by atoms with Gasteiger partial charge in [-0.3, -0.25) is 9.59 Å². The van der Waals surface area contributed by atoms with E-state index in [1.807, 2.05) is 24.3 Å². The van der Waals surface area contributed by atoms with Crippen LogP contribution in [0.3, 0.4) is 0 Å². The van der Waals surface area contributed by atoms with Crippen LogP contribution in [0.4, 0.5) is 10.1 Å². The largest absolute Gasteiger partial charge is 0.493 e. The summed E-state index contributed by atoms with van der Waals surface area (Å²) in [6.07, 6.45) is 0.637. The van der Waals surface area contributed by atoms with Gasteiger partial charge in [0.25, 0.3) is 5.91 Å². The molecule has 2 amide bonds. The van der Waals surface area contributed by atoms with Gasteiger partial charge in [0.1, 0.15) is 5.82 Å². The van der Waals surface area contributed by atoms with Crippen molar-refractivity contribution in [1.82, 2.24) is 4.90 Å². The smallest absolute Gasteiger partial charge is 0.254 e. The van der Waals surface area contributed by atoms with Gasteiger partial charge in [-0.1, -0.05) is 24.3 Å². The molecule has 0 saturated heterocycles. The van der Waals surface area contributed by atoms with E-state index in [2.05, 4.69) is 5.32 Å². The first-order valence-corrected chi connectivity index (χ1v) is 11.1. The van der Waals surface area contributed by atoms with Gasteiger partial charge in [-0.2, -0.15) is 0 Å². The first-order chi connectivity index (χ1) is 16.4. The number of rotatable bonds is 4. The molecule has 0 radical (unpaired) electrons. The number of carbonyl (C=O) groups excluding carboxylic acids is 2. The van der Waals surface area contributed by atoms with Gasteiger partial charge in [-0.15, -0.1) is 0 Å². The predicted molar refractivity (Wildman–Crippen MR) is 126 cm³/mol. The van der Waals surface area contributed by atoms with E-state index in [0.29, 0.717) is 46.8 Å². The van der Waals surface area contributed by atoms with E-state index in [-0.39, 0.29) is 11.8 Å². The molecule has 34 heavy (non-hydrogen) atoms. The third-order valence-electron chi connectivity index (χ3n) is 6.75. The summed E-state index contributed by atoms with van der Waals surface area (Å²) in [5.41, 5.74) is 3.89. The molecule has 7 heteroatoms. The Balaban J connectivity index is 1.64. The summed E-state index contributed by atoms with van der Waals surface area (Å²) in [4.78, 5) is 28.9. The molecule has 0 bridgehead atoms.